The number of likely N-dealkylation sites (N-methyl/N-ethyl adjacent to an activating group) is 1. The first-order valence-electron chi connectivity index (χ1n) is 10.8. The van der Waals surface area contributed by atoms with Crippen LogP contribution in [0.1, 0.15) is 25.6 Å². The van der Waals surface area contributed by atoms with Gasteiger partial charge in [0.05, 0.1) is 24.6 Å². The first-order chi connectivity index (χ1) is 14.9. The average molecular weight is 426 g/mol. The molecule has 1 aliphatic rings. The van der Waals surface area contributed by atoms with Crippen molar-refractivity contribution in [2.45, 2.75) is 26.8 Å². The molecule has 3 heterocycles. The third-order valence-corrected chi connectivity index (χ3v) is 5.64. The third-order valence-electron chi connectivity index (χ3n) is 5.64. The molecule has 0 radical (unpaired) electrons. The molecule has 31 heavy (non-hydrogen) atoms. The van der Waals surface area contributed by atoms with Crippen LogP contribution < -0.4 is 15.8 Å². The highest BCUT2D eigenvalue weighted by atomic mass is 16.5. The van der Waals surface area contributed by atoms with E-state index in [-0.39, 0.29) is 11.6 Å². The first-order valence-corrected chi connectivity index (χ1v) is 10.8. The standard InChI is InChI=1S/C22H31N7O2/c1-15(2)29-22(30)19-14-17(27(4)7-8-28-9-11-31-12-10-28)5-6-18(19)21(26-29)23-20-13-16(3)24-25-20/h5-6,13-15H,7-12H2,1-4H3,(H2,23,24,25,26). The van der Waals surface area contributed by atoms with Crippen molar-refractivity contribution in [1.82, 2.24) is 24.9 Å². The van der Waals surface area contributed by atoms with Gasteiger partial charge in [0, 0.05) is 56.1 Å². The van der Waals surface area contributed by atoms with Gasteiger partial charge >= 0.3 is 0 Å². The van der Waals surface area contributed by atoms with Gasteiger partial charge in [-0.3, -0.25) is 14.8 Å². The number of hydrogen-bond donors (Lipinski definition) is 2. The summed E-state index contributed by atoms with van der Waals surface area (Å²) < 4.78 is 6.96. The van der Waals surface area contributed by atoms with E-state index in [0.717, 1.165) is 56.2 Å². The summed E-state index contributed by atoms with van der Waals surface area (Å²) in [6, 6.07) is 7.84. The van der Waals surface area contributed by atoms with Crippen LogP contribution >= 0.6 is 0 Å². The molecule has 0 amide bonds. The van der Waals surface area contributed by atoms with E-state index in [0.29, 0.717) is 17.0 Å². The minimum Gasteiger partial charge on any atom is -0.379 e. The molecule has 9 heteroatoms. The number of benzene rings is 1. The number of morpholine rings is 1. The van der Waals surface area contributed by atoms with E-state index in [1.165, 1.54) is 4.68 Å². The summed E-state index contributed by atoms with van der Waals surface area (Å²) in [5, 5.41) is 16.4. The molecule has 0 bridgehead atoms. The monoisotopic (exact) mass is 425 g/mol. The second kappa shape index (κ2) is 9.07. The Kier molecular flexibility index (Phi) is 6.24. The van der Waals surface area contributed by atoms with Gasteiger partial charge in [-0.15, -0.1) is 0 Å². The zero-order chi connectivity index (χ0) is 22.0. The van der Waals surface area contributed by atoms with Crippen molar-refractivity contribution in [1.29, 1.82) is 0 Å². The van der Waals surface area contributed by atoms with Crippen molar-refractivity contribution < 1.29 is 4.74 Å². The lowest BCUT2D eigenvalue weighted by atomic mass is 10.1. The molecule has 1 saturated heterocycles. The highest BCUT2D eigenvalue weighted by Gasteiger charge is 2.16. The van der Waals surface area contributed by atoms with Gasteiger partial charge in [0.2, 0.25) is 0 Å². The lowest BCUT2D eigenvalue weighted by Gasteiger charge is -2.29. The maximum Gasteiger partial charge on any atom is 0.275 e. The molecule has 3 aromatic rings. The molecule has 0 saturated carbocycles. The van der Waals surface area contributed by atoms with Crippen LogP contribution in [0.15, 0.2) is 29.1 Å². The molecule has 1 aliphatic heterocycles. The largest absolute Gasteiger partial charge is 0.379 e. The van der Waals surface area contributed by atoms with Crippen molar-refractivity contribution >= 4 is 28.1 Å². The molecular weight excluding hydrogens is 394 g/mol. The summed E-state index contributed by atoms with van der Waals surface area (Å²) in [7, 11) is 2.06. The van der Waals surface area contributed by atoms with Crippen LogP contribution in [-0.4, -0.2) is 71.3 Å². The van der Waals surface area contributed by atoms with Gasteiger partial charge in [0.25, 0.3) is 5.56 Å². The van der Waals surface area contributed by atoms with Crippen LogP contribution in [0.25, 0.3) is 10.8 Å². The maximum absolute atomic E-state index is 13.2. The van der Waals surface area contributed by atoms with E-state index in [1.807, 2.05) is 45.0 Å². The highest BCUT2D eigenvalue weighted by Crippen LogP contribution is 2.26. The molecule has 166 valence electrons. The molecule has 0 spiro atoms. The minimum atomic E-state index is -0.0859. The van der Waals surface area contributed by atoms with Gasteiger partial charge in [-0.05, 0) is 39.0 Å². The number of ether oxygens (including phenoxy) is 1. The van der Waals surface area contributed by atoms with Crippen molar-refractivity contribution in [3.05, 3.63) is 40.3 Å². The van der Waals surface area contributed by atoms with E-state index in [9.17, 15) is 4.79 Å². The Bertz CT molecular complexity index is 1100. The van der Waals surface area contributed by atoms with Gasteiger partial charge in [0.15, 0.2) is 11.6 Å². The number of aryl methyl sites for hydroxylation is 1. The number of hydrogen-bond acceptors (Lipinski definition) is 7. The number of H-pyrrole nitrogens is 1. The summed E-state index contributed by atoms with van der Waals surface area (Å²) in [4.78, 5) is 17.8. The lowest BCUT2D eigenvalue weighted by molar-refractivity contribution is 0.0393. The fourth-order valence-corrected chi connectivity index (χ4v) is 3.77. The fourth-order valence-electron chi connectivity index (χ4n) is 3.77. The van der Waals surface area contributed by atoms with Crippen molar-refractivity contribution in [3.8, 4) is 0 Å². The number of anilines is 3. The van der Waals surface area contributed by atoms with Crippen LogP contribution in [0.3, 0.4) is 0 Å². The van der Waals surface area contributed by atoms with Crippen LogP contribution in [0, 0.1) is 6.92 Å². The highest BCUT2D eigenvalue weighted by molar-refractivity contribution is 5.94. The van der Waals surface area contributed by atoms with Crippen molar-refractivity contribution in [3.63, 3.8) is 0 Å². The summed E-state index contributed by atoms with van der Waals surface area (Å²) >= 11 is 0. The number of aromatic amines is 1. The van der Waals surface area contributed by atoms with Crippen molar-refractivity contribution in [2.75, 3.05) is 56.7 Å². The predicted octanol–water partition coefficient (Wildman–Crippen LogP) is 2.52. The number of fused-ring (bicyclic) bond motifs is 1. The third kappa shape index (κ3) is 4.72. The quantitative estimate of drug-likeness (QED) is 0.601. The molecule has 1 aromatic carbocycles. The Hall–Kier alpha value is -2.91. The van der Waals surface area contributed by atoms with E-state index in [2.05, 4.69) is 37.5 Å². The number of rotatable bonds is 7. The molecule has 2 aromatic heterocycles. The number of nitrogens with zero attached hydrogens (tertiary/aromatic N) is 5. The van der Waals surface area contributed by atoms with E-state index in [4.69, 9.17) is 4.74 Å². The molecule has 1 fully saturated rings. The molecule has 2 N–H and O–H groups in total. The smallest absolute Gasteiger partial charge is 0.275 e. The second-order valence-corrected chi connectivity index (χ2v) is 8.36. The zero-order valence-corrected chi connectivity index (χ0v) is 18.7. The lowest BCUT2D eigenvalue weighted by Crippen LogP contribution is -2.40. The Morgan fingerprint density at radius 2 is 2.00 bits per heavy atom. The molecular formula is C22H31N7O2. The normalized spacial score (nSPS) is 15.0. The average Bonchev–Trinajstić information content (AvgIpc) is 3.18. The Labute approximate surface area is 182 Å². The molecule has 0 unspecified atom stereocenters. The molecule has 0 aliphatic carbocycles. The Morgan fingerprint density at radius 1 is 1.23 bits per heavy atom. The number of nitrogens with one attached hydrogen (secondary N) is 2. The second-order valence-electron chi connectivity index (χ2n) is 8.36. The van der Waals surface area contributed by atoms with Gasteiger partial charge in [0.1, 0.15) is 0 Å². The zero-order valence-electron chi connectivity index (χ0n) is 18.7. The van der Waals surface area contributed by atoms with E-state index in [1.54, 1.807) is 0 Å². The van der Waals surface area contributed by atoms with Gasteiger partial charge < -0.3 is 15.0 Å². The van der Waals surface area contributed by atoms with Crippen LogP contribution in [0.4, 0.5) is 17.3 Å². The SMILES string of the molecule is Cc1cc(Nc2nn(C(C)C)c(=O)c3cc(N(C)CCN4CCOCC4)ccc23)n[nH]1. The maximum atomic E-state index is 13.2. The Morgan fingerprint density at radius 3 is 2.68 bits per heavy atom. The van der Waals surface area contributed by atoms with Crippen LogP contribution in [-0.2, 0) is 4.74 Å². The van der Waals surface area contributed by atoms with Gasteiger partial charge in [-0.1, -0.05) is 0 Å². The fraction of sp³-hybridized carbons (Fsp3) is 0.500. The summed E-state index contributed by atoms with van der Waals surface area (Å²) in [5.74, 6) is 1.30. The van der Waals surface area contributed by atoms with E-state index < -0.39 is 0 Å². The molecule has 9 nitrogen and oxygen atoms in total. The van der Waals surface area contributed by atoms with Gasteiger partial charge in [-0.2, -0.15) is 10.2 Å². The summed E-state index contributed by atoms with van der Waals surface area (Å²) in [6.07, 6.45) is 0. The number of aromatic nitrogens is 4. The van der Waals surface area contributed by atoms with E-state index >= 15 is 0 Å². The first kappa shape index (κ1) is 21.3. The van der Waals surface area contributed by atoms with Crippen LogP contribution in [0.5, 0.6) is 0 Å². The molecule has 4 rings (SSSR count). The topological polar surface area (TPSA) is 91.3 Å². The van der Waals surface area contributed by atoms with Crippen LogP contribution in [0.2, 0.25) is 0 Å². The molecule has 0 atom stereocenters. The van der Waals surface area contributed by atoms with Gasteiger partial charge in [-0.25, -0.2) is 4.68 Å². The minimum absolute atomic E-state index is 0.0546. The predicted molar refractivity (Wildman–Crippen MR) is 124 cm³/mol. The van der Waals surface area contributed by atoms with Crippen molar-refractivity contribution in [2.24, 2.45) is 0 Å². The Balaban J connectivity index is 1.65. The summed E-state index contributed by atoms with van der Waals surface area (Å²) in [6.45, 7) is 11.2. The summed E-state index contributed by atoms with van der Waals surface area (Å²) in [5.41, 5.74) is 1.88.